The molecule has 2 fully saturated rings. The van der Waals surface area contributed by atoms with Crippen molar-refractivity contribution >= 4 is 5.78 Å². The normalized spacial score (nSPS) is 38.5. The van der Waals surface area contributed by atoms with Gasteiger partial charge in [0.2, 0.25) is 0 Å². The van der Waals surface area contributed by atoms with Gasteiger partial charge in [-0.15, -0.1) is 0 Å². The second-order valence-electron chi connectivity index (χ2n) is 4.52. The van der Waals surface area contributed by atoms with Crippen molar-refractivity contribution in [1.82, 2.24) is 0 Å². The quantitative estimate of drug-likeness (QED) is 0.721. The molecule has 3 heteroatoms. The topological polar surface area (TPSA) is 52.3 Å². The highest BCUT2D eigenvalue weighted by Gasteiger charge is 2.34. The van der Waals surface area contributed by atoms with Crippen molar-refractivity contribution in [2.45, 2.75) is 38.1 Å². The van der Waals surface area contributed by atoms with Gasteiger partial charge in [-0.25, -0.2) is 0 Å². The summed E-state index contributed by atoms with van der Waals surface area (Å²) in [5.41, 5.74) is 5.99. The molecule has 3 unspecified atom stereocenters. The van der Waals surface area contributed by atoms with Crippen molar-refractivity contribution in [2.75, 3.05) is 13.2 Å². The van der Waals surface area contributed by atoms with Gasteiger partial charge in [0.15, 0.2) is 0 Å². The third kappa shape index (κ3) is 1.98. The van der Waals surface area contributed by atoms with Crippen LogP contribution in [-0.4, -0.2) is 25.0 Å². The van der Waals surface area contributed by atoms with E-state index in [1.54, 1.807) is 0 Å². The second kappa shape index (κ2) is 4.41. The molecule has 1 saturated heterocycles. The molecule has 1 heterocycles. The van der Waals surface area contributed by atoms with Crippen LogP contribution in [0, 0.1) is 11.8 Å². The Morgan fingerprint density at radius 1 is 1.21 bits per heavy atom. The number of nitrogens with two attached hydrogens (primary N) is 1. The van der Waals surface area contributed by atoms with E-state index < -0.39 is 0 Å². The second-order valence-corrected chi connectivity index (χ2v) is 4.52. The summed E-state index contributed by atoms with van der Waals surface area (Å²) >= 11 is 0. The molecule has 3 nitrogen and oxygen atoms in total. The first-order valence-corrected chi connectivity index (χ1v) is 5.66. The predicted octanol–water partition coefficient (Wildman–Crippen LogP) is 1.11. The van der Waals surface area contributed by atoms with Gasteiger partial charge in [-0.2, -0.15) is 0 Å². The van der Waals surface area contributed by atoms with Crippen molar-refractivity contribution in [3.8, 4) is 0 Å². The maximum atomic E-state index is 12.1. The number of rotatable bonds is 2. The highest BCUT2D eigenvalue weighted by Crippen LogP contribution is 2.28. The summed E-state index contributed by atoms with van der Waals surface area (Å²) in [5.74, 6) is 0.634. The zero-order valence-electron chi connectivity index (χ0n) is 8.58. The van der Waals surface area contributed by atoms with Gasteiger partial charge in [0.25, 0.3) is 0 Å². The van der Waals surface area contributed by atoms with E-state index in [0.29, 0.717) is 12.4 Å². The van der Waals surface area contributed by atoms with Crippen molar-refractivity contribution in [3.63, 3.8) is 0 Å². The van der Waals surface area contributed by atoms with Crippen LogP contribution in [0.15, 0.2) is 0 Å². The van der Waals surface area contributed by atoms with E-state index in [2.05, 4.69) is 0 Å². The van der Waals surface area contributed by atoms with Gasteiger partial charge in [-0.3, -0.25) is 4.79 Å². The monoisotopic (exact) mass is 197 g/mol. The molecule has 0 radical (unpaired) electrons. The Bertz CT molecular complexity index is 211. The molecule has 1 saturated carbocycles. The minimum absolute atomic E-state index is 0.108. The van der Waals surface area contributed by atoms with E-state index in [1.165, 1.54) is 6.42 Å². The molecule has 0 amide bonds. The van der Waals surface area contributed by atoms with Crippen LogP contribution in [0.3, 0.4) is 0 Å². The Balaban J connectivity index is 1.94. The maximum absolute atomic E-state index is 12.1. The number of hydrogen-bond donors (Lipinski definition) is 1. The number of Topliss-reactive ketones (excluding diaryl/α,β-unsaturated/α-hetero) is 1. The van der Waals surface area contributed by atoms with Gasteiger partial charge < -0.3 is 10.5 Å². The zero-order chi connectivity index (χ0) is 9.97. The molecule has 0 bridgehead atoms. The lowest BCUT2D eigenvalue weighted by molar-refractivity contribution is -0.128. The molecule has 1 aliphatic heterocycles. The molecule has 2 N–H and O–H groups in total. The number of ketones is 1. The van der Waals surface area contributed by atoms with Crippen LogP contribution < -0.4 is 5.73 Å². The van der Waals surface area contributed by atoms with Gasteiger partial charge in [0.05, 0.1) is 6.61 Å². The summed E-state index contributed by atoms with van der Waals surface area (Å²) in [5, 5.41) is 0. The fourth-order valence-electron chi connectivity index (χ4n) is 2.57. The molecule has 0 spiro atoms. The van der Waals surface area contributed by atoms with Crippen LogP contribution in [-0.2, 0) is 9.53 Å². The summed E-state index contributed by atoms with van der Waals surface area (Å²) in [6.45, 7) is 1.38. The van der Waals surface area contributed by atoms with E-state index >= 15 is 0 Å². The zero-order valence-corrected chi connectivity index (χ0v) is 8.58. The first kappa shape index (κ1) is 10.1. The van der Waals surface area contributed by atoms with Crippen LogP contribution in [0.5, 0.6) is 0 Å². The van der Waals surface area contributed by atoms with E-state index in [9.17, 15) is 4.79 Å². The number of ether oxygens (including phenoxy) is 1. The molecule has 1 aliphatic carbocycles. The Labute approximate surface area is 85.0 Å². The number of hydrogen-bond acceptors (Lipinski definition) is 3. The molecule has 80 valence electrons. The summed E-state index contributed by atoms with van der Waals surface area (Å²) in [4.78, 5) is 12.1. The molecule has 3 atom stereocenters. The Morgan fingerprint density at radius 3 is 2.64 bits per heavy atom. The standard InChI is InChI=1S/C11H19NO2/c12-10-4-2-1-3-9(10)11(13)8-5-6-14-7-8/h8-10H,1-7,12H2. The first-order valence-electron chi connectivity index (χ1n) is 5.66. The van der Waals surface area contributed by atoms with Gasteiger partial charge >= 0.3 is 0 Å². The average molecular weight is 197 g/mol. The molecule has 2 aliphatic rings. The highest BCUT2D eigenvalue weighted by atomic mass is 16.5. The lowest BCUT2D eigenvalue weighted by Crippen LogP contribution is -2.40. The summed E-state index contributed by atoms with van der Waals surface area (Å²) in [6, 6.07) is 0.108. The largest absolute Gasteiger partial charge is 0.381 e. The molecule has 0 aromatic carbocycles. The van der Waals surface area contributed by atoms with Gasteiger partial charge in [0.1, 0.15) is 5.78 Å². The molecule has 2 rings (SSSR count). The van der Waals surface area contributed by atoms with Crippen molar-refractivity contribution < 1.29 is 9.53 Å². The third-order valence-electron chi connectivity index (χ3n) is 3.52. The molecule has 0 aromatic heterocycles. The Morgan fingerprint density at radius 2 is 2.00 bits per heavy atom. The van der Waals surface area contributed by atoms with Crippen LogP contribution in [0.2, 0.25) is 0 Å². The van der Waals surface area contributed by atoms with Crippen LogP contribution in [0.25, 0.3) is 0 Å². The van der Waals surface area contributed by atoms with E-state index in [-0.39, 0.29) is 17.9 Å². The highest BCUT2D eigenvalue weighted by molar-refractivity contribution is 5.84. The Kier molecular flexibility index (Phi) is 3.19. The molecular weight excluding hydrogens is 178 g/mol. The first-order chi connectivity index (χ1) is 6.79. The fourth-order valence-corrected chi connectivity index (χ4v) is 2.57. The van der Waals surface area contributed by atoms with Gasteiger partial charge in [-0.1, -0.05) is 12.8 Å². The minimum atomic E-state index is 0.108. The summed E-state index contributed by atoms with van der Waals surface area (Å²) in [6.07, 6.45) is 5.27. The smallest absolute Gasteiger partial charge is 0.142 e. The lowest BCUT2D eigenvalue weighted by atomic mass is 9.78. The van der Waals surface area contributed by atoms with E-state index in [0.717, 1.165) is 32.3 Å². The average Bonchev–Trinajstić information content (AvgIpc) is 2.70. The SMILES string of the molecule is NC1CCCCC1C(=O)C1CCOC1. The van der Waals surface area contributed by atoms with Crippen LogP contribution >= 0.6 is 0 Å². The number of carbonyl (C=O) groups is 1. The number of carbonyl (C=O) groups excluding carboxylic acids is 1. The third-order valence-corrected chi connectivity index (χ3v) is 3.52. The maximum Gasteiger partial charge on any atom is 0.142 e. The van der Waals surface area contributed by atoms with E-state index in [1.807, 2.05) is 0 Å². The molecular formula is C11H19NO2. The summed E-state index contributed by atoms with van der Waals surface area (Å²) < 4.78 is 5.24. The van der Waals surface area contributed by atoms with Gasteiger partial charge in [-0.05, 0) is 19.3 Å². The summed E-state index contributed by atoms with van der Waals surface area (Å²) in [7, 11) is 0. The predicted molar refractivity (Wildman–Crippen MR) is 53.9 cm³/mol. The van der Waals surface area contributed by atoms with Crippen molar-refractivity contribution in [3.05, 3.63) is 0 Å². The Hall–Kier alpha value is -0.410. The van der Waals surface area contributed by atoms with Crippen molar-refractivity contribution in [2.24, 2.45) is 17.6 Å². The molecule has 14 heavy (non-hydrogen) atoms. The van der Waals surface area contributed by atoms with Crippen molar-refractivity contribution in [1.29, 1.82) is 0 Å². The van der Waals surface area contributed by atoms with Crippen LogP contribution in [0.1, 0.15) is 32.1 Å². The fraction of sp³-hybridized carbons (Fsp3) is 0.909. The minimum Gasteiger partial charge on any atom is -0.381 e. The lowest BCUT2D eigenvalue weighted by Gasteiger charge is -2.28. The molecule has 0 aromatic rings. The van der Waals surface area contributed by atoms with Gasteiger partial charge in [0, 0.05) is 24.5 Å². The van der Waals surface area contributed by atoms with Crippen LogP contribution in [0.4, 0.5) is 0 Å². The van der Waals surface area contributed by atoms with E-state index in [4.69, 9.17) is 10.5 Å².